The van der Waals surface area contributed by atoms with Crippen molar-refractivity contribution in [1.82, 2.24) is 9.80 Å². The number of hydrogen-bond acceptors (Lipinski definition) is 2. The van der Waals surface area contributed by atoms with Crippen LogP contribution in [0.5, 0.6) is 0 Å². The van der Waals surface area contributed by atoms with Crippen LogP contribution in [0.4, 0.5) is 0 Å². The maximum atomic E-state index is 2.47. The summed E-state index contributed by atoms with van der Waals surface area (Å²) in [4.78, 5) is 4.94. The summed E-state index contributed by atoms with van der Waals surface area (Å²) in [5, 5.41) is 0. The van der Waals surface area contributed by atoms with Gasteiger partial charge in [0.2, 0.25) is 0 Å². The smallest absolute Gasteiger partial charge is 0.0106 e. The highest BCUT2D eigenvalue weighted by Crippen LogP contribution is 2.23. The van der Waals surface area contributed by atoms with E-state index < -0.39 is 0 Å². The molecule has 0 N–H and O–H groups in total. The Bertz CT molecular complexity index is 145. The lowest BCUT2D eigenvalue weighted by Crippen LogP contribution is -2.33. The lowest BCUT2D eigenvalue weighted by molar-refractivity contribution is 0.273. The second-order valence-electron chi connectivity index (χ2n) is 5.21. The van der Waals surface area contributed by atoms with Gasteiger partial charge in [-0.05, 0) is 53.1 Å². The van der Waals surface area contributed by atoms with Crippen LogP contribution >= 0.6 is 15.8 Å². The second kappa shape index (κ2) is 9.77. The molecule has 0 bridgehead atoms. The molecule has 0 aliphatic carbocycles. The molecule has 16 heavy (non-hydrogen) atoms. The van der Waals surface area contributed by atoms with Gasteiger partial charge in [-0.3, -0.25) is 0 Å². The summed E-state index contributed by atoms with van der Waals surface area (Å²) in [7, 11) is 5.04. The van der Waals surface area contributed by atoms with Crippen LogP contribution in [-0.2, 0) is 0 Å². The van der Waals surface area contributed by atoms with E-state index in [0.29, 0.717) is 0 Å². The summed E-state index contributed by atoms with van der Waals surface area (Å²) < 4.78 is 0. The Labute approximate surface area is 105 Å². The maximum Gasteiger partial charge on any atom is 0.0106 e. The van der Waals surface area contributed by atoms with Crippen LogP contribution in [0.2, 0.25) is 0 Å². The third-order valence-electron chi connectivity index (χ3n) is 2.72. The fourth-order valence-corrected chi connectivity index (χ4v) is 2.79. The third-order valence-corrected chi connectivity index (χ3v) is 4.91. The molecular formula is C12H30N2P2. The molecule has 2 nitrogen and oxygen atoms in total. The predicted molar refractivity (Wildman–Crippen MR) is 82.3 cm³/mol. The molecule has 0 fully saturated rings. The molecular weight excluding hydrogens is 234 g/mol. The van der Waals surface area contributed by atoms with Gasteiger partial charge in [0.25, 0.3) is 0 Å². The monoisotopic (exact) mass is 264 g/mol. The van der Waals surface area contributed by atoms with Crippen LogP contribution in [0.1, 0.15) is 0 Å². The molecule has 0 aliphatic rings. The Hall–Kier alpha value is 0.780. The average Bonchev–Trinajstić information content (AvgIpc) is 2.20. The highest BCUT2D eigenvalue weighted by molar-refractivity contribution is 7.56. The molecule has 0 spiro atoms. The van der Waals surface area contributed by atoms with E-state index in [-0.39, 0.29) is 15.8 Å². The number of likely N-dealkylation sites (N-methyl/N-ethyl adjacent to an activating group) is 2. The van der Waals surface area contributed by atoms with E-state index in [4.69, 9.17) is 0 Å². The average molecular weight is 264 g/mol. The Morgan fingerprint density at radius 1 is 0.625 bits per heavy atom. The number of rotatable bonds is 9. The quantitative estimate of drug-likeness (QED) is 0.590. The maximum absolute atomic E-state index is 2.47. The molecule has 0 saturated heterocycles. The van der Waals surface area contributed by atoms with Crippen molar-refractivity contribution in [2.75, 3.05) is 79.3 Å². The van der Waals surface area contributed by atoms with Crippen LogP contribution < -0.4 is 0 Å². The first-order valence-corrected chi connectivity index (χ1v) is 10.9. The van der Waals surface area contributed by atoms with Crippen molar-refractivity contribution < 1.29 is 0 Å². The standard InChI is InChI=1S/C12H30N2P2/c1-13(9-11-15(3)4)7-8-14(2)10-12-16(5)6/h7-12H2,1-6H3. The predicted octanol–water partition coefficient (Wildman–Crippen LogP) is 2.33. The summed E-state index contributed by atoms with van der Waals surface area (Å²) in [5.41, 5.74) is 0. The van der Waals surface area contributed by atoms with Gasteiger partial charge in [0.05, 0.1) is 0 Å². The van der Waals surface area contributed by atoms with Gasteiger partial charge in [-0.25, -0.2) is 0 Å². The van der Waals surface area contributed by atoms with Crippen molar-refractivity contribution in [1.29, 1.82) is 0 Å². The normalized spacial score (nSPS) is 12.4. The molecule has 0 amide bonds. The summed E-state index contributed by atoms with van der Waals surface area (Å²) in [5.74, 6) is 0. The summed E-state index contributed by atoms with van der Waals surface area (Å²) in [6, 6.07) is 0. The summed E-state index contributed by atoms with van der Waals surface area (Å²) in [6.45, 7) is 14.4. The summed E-state index contributed by atoms with van der Waals surface area (Å²) in [6.07, 6.45) is 2.76. The molecule has 0 heterocycles. The van der Waals surface area contributed by atoms with Gasteiger partial charge in [-0.15, -0.1) is 15.8 Å². The topological polar surface area (TPSA) is 6.48 Å². The van der Waals surface area contributed by atoms with E-state index in [1.54, 1.807) is 0 Å². The van der Waals surface area contributed by atoms with Crippen molar-refractivity contribution in [3.63, 3.8) is 0 Å². The minimum atomic E-state index is 0.273. The SMILES string of the molecule is CN(CCN(C)CCP(C)C)CCP(C)C. The molecule has 0 aromatic carbocycles. The minimum absolute atomic E-state index is 0.273. The van der Waals surface area contributed by atoms with Crippen molar-refractivity contribution >= 4 is 15.8 Å². The molecule has 0 saturated carbocycles. The largest absolute Gasteiger partial charge is 0.305 e. The van der Waals surface area contributed by atoms with Gasteiger partial charge >= 0.3 is 0 Å². The number of hydrogen-bond donors (Lipinski definition) is 0. The van der Waals surface area contributed by atoms with Crippen molar-refractivity contribution in [2.24, 2.45) is 0 Å². The van der Waals surface area contributed by atoms with Crippen molar-refractivity contribution in [3.05, 3.63) is 0 Å². The Kier molecular flexibility index (Phi) is 10.3. The Morgan fingerprint density at radius 3 is 1.19 bits per heavy atom. The van der Waals surface area contributed by atoms with Crippen LogP contribution in [0, 0.1) is 0 Å². The zero-order valence-corrected chi connectivity index (χ0v) is 13.8. The fourth-order valence-electron chi connectivity index (χ4n) is 1.31. The molecule has 0 aromatic heterocycles. The first kappa shape index (κ1) is 16.8. The first-order chi connectivity index (χ1) is 7.41. The van der Waals surface area contributed by atoms with Crippen LogP contribution in [0.3, 0.4) is 0 Å². The van der Waals surface area contributed by atoms with Crippen molar-refractivity contribution in [3.8, 4) is 0 Å². The van der Waals surface area contributed by atoms with Crippen LogP contribution in [-0.4, -0.2) is 89.1 Å². The third kappa shape index (κ3) is 11.3. The van der Waals surface area contributed by atoms with Gasteiger partial charge in [-0.2, -0.15) is 0 Å². The van der Waals surface area contributed by atoms with Crippen LogP contribution in [0.15, 0.2) is 0 Å². The molecule has 0 unspecified atom stereocenters. The highest BCUT2D eigenvalue weighted by Gasteiger charge is 2.03. The number of nitrogens with zero attached hydrogens (tertiary/aromatic N) is 2. The first-order valence-electron chi connectivity index (χ1n) is 6.08. The van der Waals surface area contributed by atoms with E-state index in [2.05, 4.69) is 50.6 Å². The molecule has 0 aliphatic heterocycles. The molecule has 0 atom stereocenters. The van der Waals surface area contributed by atoms with Gasteiger partial charge in [0.1, 0.15) is 0 Å². The van der Waals surface area contributed by atoms with Gasteiger partial charge in [0, 0.05) is 26.2 Å². The van der Waals surface area contributed by atoms with Crippen LogP contribution in [0.25, 0.3) is 0 Å². The van der Waals surface area contributed by atoms with Gasteiger partial charge in [0.15, 0.2) is 0 Å². The minimum Gasteiger partial charge on any atom is -0.305 e. The molecule has 4 heteroatoms. The lowest BCUT2D eigenvalue weighted by atomic mass is 10.5. The molecule has 0 radical (unpaired) electrons. The van der Waals surface area contributed by atoms with E-state index in [9.17, 15) is 0 Å². The van der Waals surface area contributed by atoms with E-state index in [0.717, 1.165) is 0 Å². The van der Waals surface area contributed by atoms with E-state index >= 15 is 0 Å². The summed E-state index contributed by atoms with van der Waals surface area (Å²) >= 11 is 0. The lowest BCUT2D eigenvalue weighted by Gasteiger charge is -2.23. The Morgan fingerprint density at radius 2 is 0.938 bits per heavy atom. The zero-order chi connectivity index (χ0) is 12.6. The molecule has 98 valence electrons. The van der Waals surface area contributed by atoms with E-state index in [1.807, 2.05) is 0 Å². The van der Waals surface area contributed by atoms with Crippen molar-refractivity contribution in [2.45, 2.75) is 0 Å². The Balaban J connectivity index is 3.47. The highest BCUT2D eigenvalue weighted by atomic mass is 31.1. The van der Waals surface area contributed by atoms with Gasteiger partial charge in [-0.1, -0.05) is 0 Å². The fraction of sp³-hybridized carbons (Fsp3) is 1.00. The second-order valence-corrected chi connectivity index (χ2v) is 10.4. The molecule has 0 rings (SSSR count). The van der Waals surface area contributed by atoms with Gasteiger partial charge < -0.3 is 9.80 Å². The molecule has 0 aromatic rings. The van der Waals surface area contributed by atoms with E-state index in [1.165, 1.54) is 38.5 Å². The zero-order valence-electron chi connectivity index (χ0n) is 12.0.